The van der Waals surface area contributed by atoms with Gasteiger partial charge in [-0.15, -0.1) is 0 Å². The van der Waals surface area contributed by atoms with E-state index in [-0.39, 0.29) is 17.5 Å². The fourth-order valence-corrected chi connectivity index (χ4v) is 6.51. The highest BCUT2D eigenvalue weighted by Crippen LogP contribution is 2.36. The molecule has 4 rings (SSSR count). The van der Waals surface area contributed by atoms with E-state index in [2.05, 4.69) is 13.1 Å². The third-order valence-corrected chi connectivity index (χ3v) is 8.81. The van der Waals surface area contributed by atoms with Crippen molar-refractivity contribution in [1.82, 2.24) is 4.57 Å². The van der Waals surface area contributed by atoms with Crippen molar-refractivity contribution in [3.05, 3.63) is 108 Å². The summed E-state index contributed by atoms with van der Waals surface area (Å²) in [7, 11) is -2.19. The van der Waals surface area contributed by atoms with Gasteiger partial charge in [0.15, 0.2) is 0 Å². The first-order valence-corrected chi connectivity index (χ1v) is 13.4. The topological polar surface area (TPSA) is 22.0 Å². The van der Waals surface area contributed by atoms with Crippen molar-refractivity contribution in [3.8, 4) is 0 Å². The van der Waals surface area contributed by atoms with Crippen LogP contribution in [-0.2, 0) is 0 Å². The highest BCUT2D eigenvalue weighted by atomic mass is 28.3. The Morgan fingerprint density at radius 2 is 1.42 bits per heavy atom. The smallest absolute Gasteiger partial charge is 0.273 e. The quantitative estimate of drug-likeness (QED) is 0.328. The van der Waals surface area contributed by atoms with Crippen LogP contribution in [0.5, 0.6) is 0 Å². The van der Waals surface area contributed by atoms with Gasteiger partial charge in [0.25, 0.3) is 12.0 Å². The van der Waals surface area contributed by atoms with Crippen LogP contribution in [0, 0.1) is 0 Å². The molecule has 0 spiro atoms. The number of halogens is 2. The van der Waals surface area contributed by atoms with Crippen molar-refractivity contribution in [2.24, 2.45) is 0 Å². The Hall–Kier alpha value is -3.31. The number of aromatic nitrogens is 1. The van der Waals surface area contributed by atoms with Crippen LogP contribution in [-0.4, -0.2) is 18.5 Å². The van der Waals surface area contributed by atoms with Crippen LogP contribution in [0.3, 0.4) is 0 Å². The van der Waals surface area contributed by atoms with E-state index in [1.54, 1.807) is 42.6 Å². The summed E-state index contributed by atoms with van der Waals surface area (Å²) in [5, 5.41) is 1.78. The largest absolute Gasteiger partial charge is 0.283 e. The third-order valence-electron chi connectivity index (χ3n) is 5.68. The molecular formula is C26H23F2NOSi. The molecule has 0 amide bonds. The maximum absolute atomic E-state index is 14.3. The lowest BCUT2D eigenvalue weighted by atomic mass is 10.1. The Morgan fingerprint density at radius 3 is 2.06 bits per heavy atom. The summed E-state index contributed by atoms with van der Waals surface area (Å²) >= 11 is 0. The van der Waals surface area contributed by atoms with Crippen LogP contribution < -0.4 is 5.19 Å². The van der Waals surface area contributed by atoms with Gasteiger partial charge in [0.2, 0.25) is 0 Å². The molecule has 156 valence electrons. The van der Waals surface area contributed by atoms with Gasteiger partial charge in [-0.05, 0) is 24.2 Å². The summed E-state index contributed by atoms with van der Waals surface area (Å²) < 4.78 is 30.1. The number of carbonyl (C=O) groups excluding carboxylic acids is 1. The van der Waals surface area contributed by atoms with Crippen LogP contribution in [0.2, 0.25) is 19.1 Å². The summed E-state index contributed by atoms with van der Waals surface area (Å²) in [5.74, 6) is -0.235. The minimum Gasteiger partial charge on any atom is -0.283 e. The van der Waals surface area contributed by atoms with E-state index in [1.807, 2.05) is 48.5 Å². The molecule has 5 heteroatoms. The molecule has 0 unspecified atom stereocenters. The first kappa shape index (κ1) is 20.9. The Kier molecular flexibility index (Phi) is 5.70. The minimum atomic E-state index is -2.19. The summed E-state index contributed by atoms with van der Waals surface area (Å²) in [5.41, 5.74) is 1.59. The maximum atomic E-state index is 14.3. The zero-order valence-corrected chi connectivity index (χ0v) is 18.5. The van der Waals surface area contributed by atoms with Gasteiger partial charge in [-0.1, -0.05) is 85.0 Å². The van der Waals surface area contributed by atoms with Crippen molar-refractivity contribution in [1.29, 1.82) is 0 Å². The zero-order valence-electron chi connectivity index (χ0n) is 17.5. The number of allylic oxidation sites excluding steroid dienone is 1. The molecule has 1 heterocycles. The molecule has 0 aliphatic carbocycles. The molecule has 0 aliphatic rings. The molecule has 0 saturated heterocycles. The van der Waals surface area contributed by atoms with E-state index in [0.29, 0.717) is 22.0 Å². The lowest BCUT2D eigenvalue weighted by molar-refractivity contribution is 0.0965. The van der Waals surface area contributed by atoms with Gasteiger partial charge >= 0.3 is 0 Å². The van der Waals surface area contributed by atoms with E-state index < -0.39 is 14.2 Å². The Balaban J connectivity index is 1.83. The predicted molar refractivity (Wildman–Crippen MR) is 126 cm³/mol. The van der Waals surface area contributed by atoms with Gasteiger partial charge in [0, 0.05) is 28.3 Å². The second-order valence-electron chi connectivity index (χ2n) is 8.27. The standard InChI is InChI=1S/C26H23F2NOSi/c1-31(2,20-13-7-4-8-14-20)18-23(25(27)28)22-17-29(24-16-10-9-15-21(22)24)26(30)19-11-5-3-6-12-19/h3-17H,18H2,1-2H3. The predicted octanol–water partition coefficient (Wildman–Crippen LogP) is 6.55. The van der Waals surface area contributed by atoms with Gasteiger partial charge in [0.1, 0.15) is 0 Å². The van der Waals surface area contributed by atoms with Gasteiger partial charge < -0.3 is 0 Å². The number of nitrogens with zero attached hydrogens (tertiary/aromatic N) is 1. The maximum Gasteiger partial charge on any atom is 0.273 e. The van der Waals surface area contributed by atoms with Gasteiger partial charge in [0.05, 0.1) is 13.6 Å². The number of benzene rings is 3. The van der Waals surface area contributed by atoms with Crippen LogP contribution >= 0.6 is 0 Å². The van der Waals surface area contributed by atoms with Crippen molar-refractivity contribution in [3.63, 3.8) is 0 Å². The molecule has 2 nitrogen and oxygen atoms in total. The highest BCUT2D eigenvalue weighted by molar-refractivity contribution is 6.91. The fraction of sp³-hybridized carbons (Fsp3) is 0.115. The molecule has 3 aromatic carbocycles. The Labute approximate surface area is 181 Å². The van der Waals surface area contributed by atoms with Gasteiger partial charge in [-0.3, -0.25) is 9.36 Å². The van der Waals surface area contributed by atoms with E-state index >= 15 is 0 Å². The lowest BCUT2D eigenvalue weighted by Gasteiger charge is -2.24. The average Bonchev–Trinajstić information content (AvgIpc) is 3.17. The van der Waals surface area contributed by atoms with Crippen LogP contribution in [0.1, 0.15) is 15.9 Å². The molecular weight excluding hydrogens is 408 g/mol. The first-order valence-electron chi connectivity index (χ1n) is 10.2. The first-order chi connectivity index (χ1) is 14.9. The Morgan fingerprint density at radius 1 is 0.839 bits per heavy atom. The van der Waals surface area contributed by atoms with Crippen molar-refractivity contribution in [2.45, 2.75) is 19.1 Å². The summed E-state index contributed by atoms with van der Waals surface area (Å²) in [6.07, 6.45) is -0.115. The molecule has 4 aromatic rings. The van der Waals surface area contributed by atoms with Crippen molar-refractivity contribution in [2.75, 3.05) is 0 Å². The van der Waals surface area contributed by atoms with Crippen molar-refractivity contribution < 1.29 is 13.6 Å². The summed E-state index contributed by atoms with van der Waals surface area (Å²) in [6, 6.07) is 26.3. The van der Waals surface area contributed by atoms with Crippen molar-refractivity contribution >= 4 is 35.6 Å². The van der Waals surface area contributed by atoms with E-state index in [4.69, 9.17) is 0 Å². The summed E-state index contributed by atoms with van der Waals surface area (Å²) in [6.45, 7) is 4.19. The second-order valence-corrected chi connectivity index (χ2v) is 13.0. The highest BCUT2D eigenvalue weighted by Gasteiger charge is 2.29. The number of rotatable bonds is 5. The van der Waals surface area contributed by atoms with Crippen LogP contribution in [0.25, 0.3) is 16.5 Å². The monoisotopic (exact) mass is 431 g/mol. The van der Waals surface area contributed by atoms with E-state index in [9.17, 15) is 13.6 Å². The second kappa shape index (κ2) is 8.44. The molecule has 0 saturated carbocycles. The molecule has 0 N–H and O–H groups in total. The molecule has 0 atom stereocenters. The number of hydrogen-bond acceptors (Lipinski definition) is 1. The van der Waals surface area contributed by atoms with E-state index in [0.717, 1.165) is 5.19 Å². The third kappa shape index (κ3) is 4.14. The zero-order chi connectivity index (χ0) is 22.0. The lowest BCUT2D eigenvalue weighted by Crippen LogP contribution is -2.41. The SMILES string of the molecule is C[Si](C)(CC(=C(F)F)c1cn(C(=O)c2ccccc2)c2ccccc12)c1ccccc1. The molecule has 1 aromatic heterocycles. The van der Waals surface area contributed by atoms with Gasteiger partial charge in [-0.2, -0.15) is 8.78 Å². The minimum absolute atomic E-state index is 0.0244. The molecule has 31 heavy (non-hydrogen) atoms. The molecule has 0 aliphatic heterocycles. The number of carbonyl (C=O) groups is 1. The van der Waals surface area contributed by atoms with Crippen LogP contribution in [0.15, 0.2) is 97.2 Å². The van der Waals surface area contributed by atoms with E-state index in [1.165, 1.54) is 4.57 Å². The summed E-state index contributed by atoms with van der Waals surface area (Å²) in [4.78, 5) is 13.1. The fourth-order valence-electron chi connectivity index (χ4n) is 4.01. The normalized spacial score (nSPS) is 11.5. The number of hydrogen-bond donors (Lipinski definition) is 0. The van der Waals surface area contributed by atoms with Crippen LogP contribution in [0.4, 0.5) is 8.78 Å². The molecule has 0 fully saturated rings. The average molecular weight is 432 g/mol. The molecule has 0 bridgehead atoms. The number of fused-ring (bicyclic) bond motifs is 1. The molecule has 0 radical (unpaired) electrons. The van der Waals surface area contributed by atoms with Gasteiger partial charge in [-0.25, -0.2) is 0 Å². The Bertz CT molecular complexity index is 1260. The number of para-hydroxylation sites is 1.